The summed E-state index contributed by atoms with van der Waals surface area (Å²) < 4.78 is 24.5. The number of methoxy groups -OCH3 is 1. The molecular formula is C20H20FNO3. The van der Waals surface area contributed by atoms with E-state index >= 15 is 0 Å². The number of hydrogen-bond acceptors (Lipinski definition) is 4. The van der Waals surface area contributed by atoms with Gasteiger partial charge in [0.25, 0.3) is 0 Å². The molecule has 0 amide bonds. The predicted molar refractivity (Wildman–Crippen MR) is 95.5 cm³/mol. The minimum atomic E-state index is -0.406. The van der Waals surface area contributed by atoms with Crippen LogP contribution in [0.1, 0.15) is 18.1 Å². The molecule has 1 aromatic heterocycles. The number of aliphatic hydroxyl groups is 1. The Balaban J connectivity index is 2.14. The van der Waals surface area contributed by atoms with Crippen molar-refractivity contribution in [1.82, 2.24) is 4.98 Å². The smallest absolute Gasteiger partial charge is 0.165 e. The van der Waals surface area contributed by atoms with Gasteiger partial charge in [-0.1, -0.05) is 0 Å². The highest BCUT2D eigenvalue weighted by Gasteiger charge is 2.12. The van der Waals surface area contributed by atoms with Crippen LogP contribution in [-0.2, 0) is 6.61 Å². The lowest BCUT2D eigenvalue weighted by Crippen LogP contribution is -1.98. The van der Waals surface area contributed by atoms with Gasteiger partial charge in [0.1, 0.15) is 5.75 Å². The fourth-order valence-corrected chi connectivity index (χ4v) is 2.86. The van der Waals surface area contributed by atoms with Crippen LogP contribution in [0.25, 0.3) is 22.2 Å². The molecule has 5 heteroatoms. The lowest BCUT2D eigenvalue weighted by atomic mass is 10.0. The first kappa shape index (κ1) is 17.2. The topological polar surface area (TPSA) is 51.6 Å². The van der Waals surface area contributed by atoms with Gasteiger partial charge < -0.3 is 14.6 Å². The minimum Gasteiger partial charge on any atom is -0.494 e. The summed E-state index contributed by atoms with van der Waals surface area (Å²) in [7, 11) is 1.43. The summed E-state index contributed by atoms with van der Waals surface area (Å²) in [5, 5.41) is 10.3. The van der Waals surface area contributed by atoms with Crippen LogP contribution < -0.4 is 9.47 Å². The number of halogens is 1. The monoisotopic (exact) mass is 341 g/mol. The van der Waals surface area contributed by atoms with Gasteiger partial charge >= 0.3 is 0 Å². The van der Waals surface area contributed by atoms with Gasteiger partial charge in [-0.25, -0.2) is 9.37 Å². The predicted octanol–water partition coefficient (Wildman–Crippen LogP) is 4.25. The second kappa shape index (κ2) is 7.07. The van der Waals surface area contributed by atoms with Gasteiger partial charge in [0.05, 0.1) is 31.5 Å². The van der Waals surface area contributed by atoms with E-state index in [-0.39, 0.29) is 12.4 Å². The Hall–Kier alpha value is -2.66. The van der Waals surface area contributed by atoms with Gasteiger partial charge in [0.15, 0.2) is 11.6 Å². The highest BCUT2D eigenvalue weighted by Crippen LogP contribution is 2.31. The van der Waals surface area contributed by atoms with E-state index < -0.39 is 5.82 Å². The van der Waals surface area contributed by atoms with Gasteiger partial charge in [-0.05, 0) is 49.7 Å². The highest BCUT2D eigenvalue weighted by atomic mass is 19.1. The van der Waals surface area contributed by atoms with E-state index in [1.165, 1.54) is 13.2 Å². The van der Waals surface area contributed by atoms with E-state index in [9.17, 15) is 9.50 Å². The lowest BCUT2D eigenvalue weighted by molar-refractivity contribution is 0.267. The number of ether oxygens (including phenoxy) is 2. The van der Waals surface area contributed by atoms with Crippen molar-refractivity contribution < 1.29 is 19.0 Å². The zero-order valence-corrected chi connectivity index (χ0v) is 14.5. The quantitative estimate of drug-likeness (QED) is 0.754. The lowest BCUT2D eigenvalue weighted by Gasteiger charge is -2.12. The fourth-order valence-electron chi connectivity index (χ4n) is 2.86. The number of aromatic nitrogens is 1. The molecule has 0 fully saturated rings. The summed E-state index contributed by atoms with van der Waals surface area (Å²) >= 11 is 0. The molecule has 0 aliphatic rings. The van der Waals surface area contributed by atoms with Crippen LogP contribution in [-0.4, -0.2) is 23.8 Å². The van der Waals surface area contributed by atoms with Crippen molar-refractivity contribution in [2.24, 2.45) is 0 Å². The minimum absolute atomic E-state index is 0.116. The molecule has 0 radical (unpaired) electrons. The Bertz CT molecular complexity index is 924. The molecular weight excluding hydrogens is 321 g/mol. The number of aryl methyl sites for hydroxylation is 1. The van der Waals surface area contributed by atoms with E-state index in [2.05, 4.69) is 4.98 Å². The van der Waals surface area contributed by atoms with Gasteiger partial charge in [0.2, 0.25) is 0 Å². The van der Waals surface area contributed by atoms with Crippen molar-refractivity contribution in [3.05, 3.63) is 53.3 Å². The molecule has 3 rings (SSSR count). The maximum Gasteiger partial charge on any atom is 0.165 e. The van der Waals surface area contributed by atoms with Crippen LogP contribution in [0.3, 0.4) is 0 Å². The molecule has 25 heavy (non-hydrogen) atoms. The molecule has 0 aliphatic carbocycles. The average molecular weight is 341 g/mol. The number of pyridine rings is 1. The van der Waals surface area contributed by atoms with Crippen molar-refractivity contribution in [3.63, 3.8) is 0 Å². The molecule has 0 saturated heterocycles. The van der Waals surface area contributed by atoms with Crippen molar-refractivity contribution in [2.75, 3.05) is 13.7 Å². The van der Waals surface area contributed by atoms with E-state index in [1.807, 2.05) is 38.1 Å². The zero-order valence-electron chi connectivity index (χ0n) is 14.5. The Morgan fingerprint density at radius 2 is 1.92 bits per heavy atom. The molecule has 2 aromatic carbocycles. The van der Waals surface area contributed by atoms with E-state index in [0.717, 1.165) is 22.2 Å². The summed E-state index contributed by atoms with van der Waals surface area (Å²) in [6.07, 6.45) is 0. The van der Waals surface area contributed by atoms with Crippen LogP contribution in [0.2, 0.25) is 0 Å². The van der Waals surface area contributed by atoms with E-state index in [1.54, 1.807) is 6.07 Å². The summed E-state index contributed by atoms with van der Waals surface area (Å²) in [6.45, 7) is 4.23. The van der Waals surface area contributed by atoms with Crippen LogP contribution >= 0.6 is 0 Å². The molecule has 4 nitrogen and oxygen atoms in total. The molecule has 0 aliphatic heterocycles. The number of fused-ring (bicyclic) bond motifs is 1. The summed E-state index contributed by atoms with van der Waals surface area (Å²) in [6, 6.07) is 10.5. The SMILES string of the molecule is CCOc1ccc(-c2cc(C)c3cc(F)c(OC)cc3n2)cc1CO. The highest BCUT2D eigenvalue weighted by molar-refractivity contribution is 5.86. The van der Waals surface area contributed by atoms with Gasteiger partial charge in [-0.2, -0.15) is 0 Å². The first-order valence-corrected chi connectivity index (χ1v) is 8.09. The third-order valence-corrected chi connectivity index (χ3v) is 4.12. The Labute approximate surface area is 145 Å². The molecule has 1 heterocycles. The number of hydrogen-bond donors (Lipinski definition) is 1. The second-order valence-electron chi connectivity index (χ2n) is 5.74. The number of benzene rings is 2. The molecule has 0 spiro atoms. The standard InChI is InChI=1S/C20H20FNO3/c1-4-25-19-6-5-13(8-14(19)11-23)17-7-12(2)15-9-16(21)20(24-3)10-18(15)22-17/h5-10,23H,4,11H2,1-3H3. The Morgan fingerprint density at radius 1 is 1.12 bits per heavy atom. The first-order valence-electron chi connectivity index (χ1n) is 8.09. The van der Waals surface area contributed by atoms with Crippen molar-refractivity contribution >= 4 is 10.9 Å². The van der Waals surface area contributed by atoms with Crippen LogP contribution in [0.5, 0.6) is 11.5 Å². The molecule has 0 bridgehead atoms. The summed E-state index contributed by atoms with van der Waals surface area (Å²) in [4.78, 5) is 4.64. The first-order chi connectivity index (χ1) is 12.1. The Morgan fingerprint density at radius 3 is 2.60 bits per heavy atom. The fraction of sp³-hybridized carbons (Fsp3) is 0.250. The maximum atomic E-state index is 13.9. The maximum absolute atomic E-state index is 13.9. The van der Waals surface area contributed by atoms with E-state index in [4.69, 9.17) is 9.47 Å². The number of rotatable bonds is 5. The molecule has 0 unspecified atom stereocenters. The van der Waals surface area contributed by atoms with Crippen LogP contribution in [0.4, 0.5) is 4.39 Å². The number of aliphatic hydroxyl groups excluding tert-OH is 1. The molecule has 0 saturated carbocycles. The zero-order chi connectivity index (χ0) is 18.0. The van der Waals surface area contributed by atoms with Crippen molar-refractivity contribution in [2.45, 2.75) is 20.5 Å². The molecule has 130 valence electrons. The average Bonchev–Trinajstić information content (AvgIpc) is 2.62. The summed E-state index contributed by atoms with van der Waals surface area (Å²) in [5.41, 5.74) is 3.89. The van der Waals surface area contributed by atoms with Crippen LogP contribution in [0.15, 0.2) is 36.4 Å². The third kappa shape index (κ3) is 3.28. The van der Waals surface area contributed by atoms with Crippen molar-refractivity contribution in [1.29, 1.82) is 0 Å². The third-order valence-electron chi connectivity index (χ3n) is 4.12. The second-order valence-corrected chi connectivity index (χ2v) is 5.74. The van der Waals surface area contributed by atoms with Gasteiger partial charge in [-0.3, -0.25) is 0 Å². The number of nitrogens with zero attached hydrogens (tertiary/aromatic N) is 1. The van der Waals surface area contributed by atoms with Gasteiger partial charge in [-0.15, -0.1) is 0 Å². The van der Waals surface area contributed by atoms with Crippen molar-refractivity contribution in [3.8, 4) is 22.8 Å². The molecule has 0 atom stereocenters. The van der Waals surface area contributed by atoms with Gasteiger partial charge in [0, 0.05) is 22.6 Å². The van der Waals surface area contributed by atoms with E-state index in [0.29, 0.717) is 23.4 Å². The molecule has 3 aromatic rings. The normalized spacial score (nSPS) is 10.9. The summed E-state index contributed by atoms with van der Waals surface area (Å²) in [5.74, 6) is 0.422. The van der Waals surface area contributed by atoms with Crippen LogP contribution in [0, 0.1) is 12.7 Å². The largest absolute Gasteiger partial charge is 0.494 e. The molecule has 1 N–H and O–H groups in total. The Kier molecular flexibility index (Phi) is 4.86.